The zero-order valence-corrected chi connectivity index (χ0v) is 26.8. The zero-order valence-electron chi connectivity index (χ0n) is 24.4. The number of aromatic hydroxyl groups is 1. The van der Waals surface area contributed by atoms with Gasteiger partial charge in [0, 0.05) is 32.9 Å². The number of nitrogen functional groups attached to an aromatic ring is 5. The van der Waals surface area contributed by atoms with Crippen molar-refractivity contribution in [1.82, 2.24) is 4.98 Å². The minimum Gasteiger partial charge on any atom is -0.505 e. The van der Waals surface area contributed by atoms with E-state index in [9.17, 15) is 30.4 Å². The molecule has 0 atom stereocenters. The third-order valence-electron chi connectivity index (χ3n) is 6.77. The van der Waals surface area contributed by atoms with E-state index >= 15 is 0 Å². The third kappa shape index (κ3) is 7.74. The molecule has 0 radical (unpaired) electrons. The molecule has 0 aliphatic carbocycles. The first-order chi connectivity index (χ1) is 22.2. The first-order valence-corrected chi connectivity index (χ1v) is 17.5. The van der Waals surface area contributed by atoms with Crippen LogP contribution in [0.4, 0.5) is 28.4 Å². The van der Waals surface area contributed by atoms with Gasteiger partial charge in [-0.2, -0.15) is 25.3 Å². The Morgan fingerprint density at radius 3 is 1.73 bits per heavy atom. The van der Waals surface area contributed by atoms with Crippen molar-refractivity contribution in [1.29, 1.82) is 0 Å². The van der Waals surface area contributed by atoms with Gasteiger partial charge in [-0.05, 0) is 60.0 Å². The maximum atomic E-state index is 11.2. The van der Waals surface area contributed by atoms with Gasteiger partial charge in [0.25, 0.3) is 30.4 Å². The largest absolute Gasteiger partial charge is 0.505 e. The quantitative estimate of drug-likeness (QED) is 0.0720. The molecule has 0 bridgehead atoms. The van der Waals surface area contributed by atoms with Crippen molar-refractivity contribution >= 4 is 91.2 Å². The number of hydrogen-bond acceptors (Lipinski definition) is 13. The molecule has 6 rings (SSSR count). The lowest BCUT2D eigenvalue weighted by molar-refractivity contribution is 0.473. The second kappa shape index (κ2) is 13.0. The highest BCUT2D eigenvalue weighted by molar-refractivity contribution is 7.86. The molecule has 0 fully saturated rings. The number of aromatic nitrogens is 1. The summed E-state index contributed by atoms with van der Waals surface area (Å²) in [5.41, 5.74) is 29.5. The second-order valence-corrected chi connectivity index (χ2v) is 14.3. The van der Waals surface area contributed by atoms with Crippen LogP contribution in [0.25, 0.3) is 32.4 Å². The molecule has 0 aliphatic rings. The van der Waals surface area contributed by atoms with Crippen LogP contribution in [0.5, 0.6) is 5.75 Å². The number of phenolic OH excluding ortho intramolecular Hbond substituents is 1. The highest BCUT2D eigenvalue weighted by Gasteiger charge is 2.22. The number of phenols is 1. The number of fused-ring (bicyclic) bond motifs is 3. The normalized spacial score (nSPS) is 11.8. The van der Waals surface area contributed by atoms with Gasteiger partial charge in [0.05, 0.1) is 33.7 Å². The van der Waals surface area contributed by atoms with Crippen LogP contribution in [-0.4, -0.2) is 49.0 Å². The Balaban J connectivity index is 0.000000170. The molecule has 6 aromatic rings. The topological polar surface area (TPSA) is 326 Å². The van der Waals surface area contributed by atoms with Crippen LogP contribution < -0.4 is 28.7 Å². The summed E-state index contributed by atoms with van der Waals surface area (Å²) in [6, 6.07) is 19.9. The predicted octanol–water partition coefficient (Wildman–Crippen LogP) is 3.27. The molecule has 252 valence electrons. The van der Waals surface area contributed by atoms with Gasteiger partial charge in [0.2, 0.25) is 0 Å². The van der Waals surface area contributed by atoms with Crippen LogP contribution in [0.1, 0.15) is 0 Å². The van der Waals surface area contributed by atoms with Crippen molar-refractivity contribution in [3.05, 3.63) is 85.1 Å². The number of pyridine rings is 1. The molecular formula is C29H28N6O10S3. The summed E-state index contributed by atoms with van der Waals surface area (Å²) in [6.07, 6.45) is 1.67. The number of hydrogen-bond donors (Lipinski definition) is 9. The fraction of sp³-hybridized carbons (Fsp3) is 0. The molecular weight excluding hydrogens is 689 g/mol. The van der Waals surface area contributed by atoms with E-state index < -0.39 is 51.6 Å². The summed E-state index contributed by atoms with van der Waals surface area (Å²) in [4.78, 5) is 2.50. The molecule has 0 unspecified atom stereocenters. The lowest BCUT2D eigenvalue weighted by Crippen LogP contribution is -2.06. The highest BCUT2D eigenvalue weighted by atomic mass is 32.2. The van der Waals surface area contributed by atoms with E-state index in [0.29, 0.717) is 27.8 Å². The van der Waals surface area contributed by atoms with Crippen molar-refractivity contribution in [2.45, 2.75) is 14.7 Å². The van der Waals surface area contributed by atoms with Gasteiger partial charge in [-0.25, -0.2) is 0 Å². The SMILES string of the molecule is Nc1cc2c(O)c(N)c(S(=O)(=O)O)cc2cc1S(=O)(=O)O.Nc1ccc(N)c2cc(S(=O)(=O)O)ccc12.Nc1cnc2ccccc2c1. The van der Waals surface area contributed by atoms with Crippen LogP contribution in [0.3, 0.4) is 0 Å². The predicted molar refractivity (Wildman–Crippen MR) is 183 cm³/mol. The monoisotopic (exact) mass is 716 g/mol. The molecule has 0 spiro atoms. The third-order valence-corrected chi connectivity index (χ3v) is 9.42. The minimum absolute atomic E-state index is 0.0372. The second-order valence-electron chi connectivity index (χ2n) is 10.1. The average Bonchev–Trinajstić information content (AvgIpc) is 2.99. The van der Waals surface area contributed by atoms with Gasteiger partial charge in [0.15, 0.2) is 0 Å². The lowest BCUT2D eigenvalue weighted by atomic mass is 10.1. The van der Waals surface area contributed by atoms with Gasteiger partial charge >= 0.3 is 0 Å². The van der Waals surface area contributed by atoms with E-state index in [1.165, 1.54) is 18.2 Å². The maximum Gasteiger partial charge on any atom is 0.296 e. The van der Waals surface area contributed by atoms with E-state index in [2.05, 4.69) is 4.98 Å². The Morgan fingerprint density at radius 2 is 1.12 bits per heavy atom. The van der Waals surface area contributed by atoms with Crippen molar-refractivity contribution in [2.75, 3.05) is 28.7 Å². The summed E-state index contributed by atoms with van der Waals surface area (Å²) in [5.74, 6) is -0.686. The van der Waals surface area contributed by atoms with Gasteiger partial charge in [0.1, 0.15) is 15.5 Å². The van der Waals surface area contributed by atoms with Crippen LogP contribution in [0, 0.1) is 0 Å². The van der Waals surface area contributed by atoms with Gasteiger partial charge < -0.3 is 33.8 Å². The standard InChI is InChI=1S/C10H10N2O7S2.C10H10N2O3S.C9H8N2/c11-6-3-5-4(1-7(6)20(14,15)16)2-8(21(17,18)19)9(12)10(5)13;11-9-3-4-10(12)8-5-6(16(13,14)15)1-2-7(8)9;10-8-5-7-3-1-2-4-9(7)11-6-8/h1-3,13H,11-12H2,(H,14,15,16)(H,17,18,19);1-5H,11-12H2,(H,13,14,15);1-6H,10H2. The Hall–Kier alpha value is -5.44. The number of anilines is 5. The molecule has 48 heavy (non-hydrogen) atoms. The Labute approximate surface area is 273 Å². The van der Waals surface area contributed by atoms with Crippen molar-refractivity contribution < 1.29 is 44.0 Å². The van der Waals surface area contributed by atoms with E-state index in [4.69, 9.17) is 42.3 Å². The van der Waals surface area contributed by atoms with E-state index in [1.807, 2.05) is 30.3 Å². The van der Waals surface area contributed by atoms with E-state index in [0.717, 1.165) is 29.1 Å². The van der Waals surface area contributed by atoms with Crippen molar-refractivity contribution in [3.8, 4) is 5.75 Å². The number of benzene rings is 5. The van der Waals surface area contributed by atoms with Crippen molar-refractivity contribution in [2.24, 2.45) is 0 Å². The Morgan fingerprint density at radius 1 is 0.542 bits per heavy atom. The summed E-state index contributed by atoms with van der Waals surface area (Å²) < 4.78 is 93.5. The molecule has 16 nitrogen and oxygen atoms in total. The van der Waals surface area contributed by atoms with Gasteiger partial charge in [-0.1, -0.05) is 24.3 Å². The average molecular weight is 717 g/mol. The zero-order chi connectivity index (χ0) is 35.8. The first-order valence-electron chi connectivity index (χ1n) is 13.1. The Kier molecular flexibility index (Phi) is 9.58. The first kappa shape index (κ1) is 35.4. The molecule has 5 aromatic carbocycles. The van der Waals surface area contributed by atoms with Crippen LogP contribution in [0.15, 0.2) is 99.7 Å². The van der Waals surface area contributed by atoms with Crippen LogP contribution >= 0.6 is 0 Å². The molecule has 0 saturated heterocycles. The number of nitrogens with zero attached hydrogens (tertiary/aromatic N) is 1. The fourth-order valence-electron chi connectivity index (χ4n) is 4.48. The summed E-state index contributed by atoms with van der Waals surface area (Å²) in [5, 5.41) is 12.0. The molecule has 1 aromatic heterocycles. The molecule has 19 heteroatoms. The lowest BCUT2D eigenvalue weighted by Gasteiger charge is -2.11. The number of nitrogens with two attached hydrogens (primary N) is 5. The van der Waals surface area contributed by atoms with Gasteiger partial charge in [-0.15, -0.1) is 0 Å². The molecule has 0 amide bonds. The fourth-order valence-corrected chi connectivity index (χ4v) is 6.27. The number of para-hydroxylation sites is 1. The number of rotatable bonds is 3. The maximum absolute atomic E-state index is 11.2. The van der Waals surface area contributed by atoms with Gasteiger partial charge in [-0.3, -0.25) is 18.6 Å². The van der Waals surface area contributed by atoms with Crippen LogP contribution in [-0.2, 0) is 30.4 Å². The highest BCUT2D eigenvalue weighted by Crippen LogP contribution is 2.39. The van der Waals surface area contributed by atoms with Crippen molar-refractivity contribution in [3.63, 3.8) is 0 Å². The smallest absolute Gasteiger partial charge is 0.296 e. The van der Waals surface area contributed by atoms with E-state index in [-0.39, 0.29) is 21.4 Å². The molecule has 1 heterocycles. The summed E-state index contributed by atoms with van der Waals surface area (Å²) >= 11 is 0. The van der Waals surface area contributed by atoms with E-state index in [1.54, 1.807) is 18.3 Å². The molecule has 0 saturated carbocycles. The summed E-state index contributed by atoms with van der Waals surface area (Å²) in [6.45, 7) is 0. The Bertz CT molecular complexity index is 2560. The summed E-state index contributed by atoms with van der Waals surface area (Å²) in [7, 11) is -13.6. The molecule has 14 N–H and O–H groups in total. The minimum atomic E-state index is -4.73. The van der Waals surface area contributed by atoms with Crippen LogP contribution in [0.2, 0.25) is 0 Å². The molecule has 0 aliphatic heterocycles.